The van der Waals surface area contributed by atoms with E-state index in [4.69, 9.17) is 9.47 Å². The molecule has 1 aromatic carbocycles. The zero-order valence-corrected chi connectivity index (χ0v) is 15.9. The van der Waals surface area contributed by atoms with Crippen LogP contribution in [0.2, 0.25) is 0 Å². The zero-order chi connectivity index (χ0) is 17.7. The molecule has 2 aliphatic carbocycles. The van der Waals surface area contributed by atoms with E-state index in [9.17, 15) is 5.11 Å². The van der Waals surface area contributed by atoms with Gasteiger partial charge in [-0.05, 0) is 55.3 Å². The molecule has 0 unspecified atom stereocenters. The Morgan fingerprint density at radius 3 is 2.80 bits per heavy atom. The zero-order valence-electron chi connectivity index (χ0n) is 15.9. The van der Waals surface area contributed by atoms with E-state index in [-0.39, 0.29) is 16.9 Å². The number of likely N-dealkylation sites (N-methyl/N-ethyl adjacent to an activating group) is 1. The SMILES string of the molecule is COc1ccc2c3c1O[C@H]1[C@H](O)C(C)(C)[C@H](C)[C@H]4[C@@H](C2)N(C)CC[C@@]341. The Hall–Kier alpha value is -1.26. The maximum atomic E-state index is 11.3. The molecule has 136 valence electrons. The van der Waals surface area contributed by atoms with Gasteiger partial charge in [-0.25, -0.2) is 0 Å². The lowest BCUT2D eigenvalue weighted by Gasteiger charge is -2.64. The number of aliphatic hydroxyl groups is 1. The number of benzene rings is 1. The molecule has 0 amide bonds. The summed E-state index contributed by atoms with van der Waals surface area (Å²) in [4.78, 5) is 2.54. The van der Waals surface area contributed by atoms with Crippen molar-refractivity contribution in [3.05, 3.63) is 23.3 Å². The van der Waals surface area contributed by atoms with Crippen molar-refractivity contribution in [1.29, 1.82) is 0 Å². The van der Waals surface area contributed by atoms with Gasteiger partial charge in [0.1, 0.15) is 6.10 Å². The minimum Gasteiger partial charge on any atom is -0.493 e. The number of likely N-dealkylation sites (tertiary alicyclic amines) is 1. The summed E-state index contributed by atoms with van der Waals surface area (Å²) in [7, 11) is 3.98. The van der Waals surface area contributed by atoms with Gasteiger partial charge >= 0.3 is 0 Å². The van der Waals surface area contributed by atoms with Crippen LogP contribution < -0.4 is 9.47 Å². The molecule has 1 saturated heterocycles. The third-order valence-corrected chi connectivity index (χ3v) is 8.29. The Bertz CT molecular complexity index is 745. The summed E-state index contributed by atoms with van der Waals surface area (Å²) >= 11 is 0. The summed E-state index contributed by atoms with van der Waals surface area (Å²) in [5.74, 6) is 2.66. The molecule has 2 bridgehead atoms. The Morgan fingerprint density at radius 2 is 2.08 bits per heavy atom. The normalized spacial score (nSPS) is 43.4. The molecule has 4 aliphatic rings. The average Bonchev–Trinajstić information content (AvgIpc) is 2.93. The van der Waals surface area contributed by atoms with Crippen LogP contribution in [0.15, 0.2) is 12.1 Å². The van der Waals surface area contributed by atoms with Crippen LogP contribution in [0.5, 0.6) is 11.5 Å². The van der Waals surface area contributed by atoms with Gasteiger partial charge in [-0.2, -0.15) is 0 Å². The molecule has 2 heterocycles. The third kappa shape index (κ3) is 1.62. The van der Waals surface area contributed by atoms with E-state index >= 15 is 0 Å². The van der Waals surface area contributed by atoms with Crippen LogP contribution >= 0.6 is 0 Å². The lowest BCUT2D eigenvalue weighted by atomic mass is 9.44. The maximum Gasteiger partial charge on any atom is 0.165 e. The monoisotopic (exact) mass is 343 g/mol. The molecule has 5 rings (SSSR count). The van der Waals surface area contributed by atoms with Crippen molar-refractivity contribution in [2.45, 2.75) is 57.3 Å². The number of rotatable bonds is 1. The summed E-state index contributed by atoms with van der Waals surface area (Å²) in [5, 5.41) is 11.3. The Morgan fingerprint density at radius 1 is 1.32 bits per heavy atom. The second kappa shape index (κ2) is 4.72. The van der Waals surface area contributed by atoms with Gasteiger partial charge in [-0.3, -0.25) is 0 Å². The smallest absolute Gasteiger partial charge is 0.165 e. The Labute approximate surface area is 150 Å². The fourth-order valence-corrected chi connectivity index (χ4v) is 6.63. The van der Waals surface area contributed by atoms with Crippen molar-refractivity contribution >= 4 is 0 Å². The highest BCUT2D eigenvalue weighted by Gasteiger charge is 2.70. The largest absolute Gasteiger partial charge is 0.493 e. The van der Waals surface area contributed by atoms with E-state index < -0.39 is 6.10 Å². The molecular weight excluding hydrogens is 314 g/mol. The van der Waals surface area contributed by atoms with Crippen LogP contribution in [0.4, 0.5) is 0 Å². The molecule has 0 aromatic heterocycles. The summed E-state index contributed by atoms with van der Waals surface area (Å²) in [6.07, 6.45) is 1.50. The summed E-state index contributed by atoms with van der Waals surface area (Å²) in [5.41, 5.74) is 2.52. The Balaban J connectivity index is 1.82. The Kier molecular flexibility index (Phi) is 3.01. The highest BCUT2D eigenvalue weighted by molar-refractivity contribution is 5.61. The van der Waals surface area contributed by atoms with Crippen LogP contribution in [0.1, 0.15) is 38.3 Å². The minimum absolute atomic E-state index is 0.0665. The minimum atomic E-state index is -0.467. The van der Waals surface area contributed by atoms with Crippen molar-refractivity contribution in [1.82, 2.24) is 4.90 Å². The molecule has 1 N–H and O–H groups in total. The highest BCUT2D eigenvalue weighted by Crippen LogP contribution is 2.67. The van der Waals surface area contributed by atoms with Crippen molar-refractivity contribution < 1.29 is 14.6 Å². The molecule has 4 nitrogen and oxygen atoms in total. The molecule has 6 atom stereocenters. The first kappa shape index (κ1) is 16.0. The number of hydrogen-bond donors (Lipinski definition) is 1. The van der Waals surface area contributed by atoms with Crippen molar-refractivity contribution in [2.24, 2.45) is 17.3 Å². The molecule has 2 fully saturated rings. The number of piperidine rings is 1. The topological polar surface area (TPSA) is 41.9 Å². The van der Waals surface area contributed by atoms with Gasteiger partial charge in [0.2, 0.25) is 0 Å². The molecular formula is C21H29NO3. The molecule has 0 radical (unpaired) electrons. The van der Waals surface area contributed by atoms with Crippen LogP contribution in [0.3, 0.4) is 0 Å². The second-order valence-electron chi connectivity index (χ2n) is 9.29. The van der Waals surface area contributed by atoms with Crippen molar-refractivity contribution in [3.63, 3.8) is 0 Å². The lowest BCUT2D eigenvalue weighted by molar-refractivity contribution is -0.183. The van der Waals surface area contributed by atoms with E-state index in [1.165, 1.54) is 11.1 Å². The number of methoxy groups -OCH3 is 1. The van der Waals surface area contributed by atoms with E-state index in [1.54, 1.807) is 7.11 Å². The first-order chi connectivity index (χ1) is 11.8. The first-order valence-electron chi connectivity index (χ1n) is 9.59. The predicted octanol–water partition coefficient (Wildman–Crippen LogP) is 2.61. The highest BCUT2D eigenvalue weighted by atomic mass is 16.5. The van der Waals surface area contributed by atoms with Crippen LogP contribution in [-0.2, 0) is 11.8 Å². The van der Waals surface area contributed by atoms with E-state index in [1.807, 2.05) is 6.07 Å². The van der Waals surface area contributed by atoms with Gasteiger partial charge in [0.05, 0.1) is 13.2 Å². The predicted molar refractivity (Wildman–Crippen MR) is 96.3 cm³/mol. The van der Waals surface area contributed by atoms with Gasteiger partial charge in [0.25, 0.3) is 0 Å². The van der Waals surface area contributed by atoms with E-state index in [0.29, 0.717) is 17.9 Å². The van der Waals surface area contributed by atoms with Crippen molar-refractivity contribution in [3.8, 4) is 11.5 Å². The average molecular weight is 343 g/mol. The van der Waals surface area contributed by atoms with Gasteiger partial charge in [-0.15, -0.1) is 0 Å². The summed E-state index contributed by atoms with van der Waals surface area (Å²) in [6, 6.07) is 4.79. The first-order valence-corrected chi connectivity index (χ1v) is 9.59. The standard InChI is InChI=1S/C21H29NO3/c1-11-15-13-10-12-6-7-14(24-5)17-16(12)21(15,8-9-22(13)4)19(25-17)18(23)20(11,2)3/h6-7,11,13,15,18-19,23H,8-10H2,1-5H3/t11-,13-,15+,18+,19+,21+/m1/s1. The number of hydrogen-bond acceptors (Lipinski definition) is 4. The van der Waals surface area contributed by atoms with Gasteiger partial charge < -0.3 is 19.5 Å². The second-order valence-corrected chi connectivity index (χ2v) is 9.29. The van der Waals surface area contributed by atoms with Gasteiger partial charge in [0.15, 0.2) is 11.5 Å². The molecule has 1 aromatic rings. The quantitative estimate of drug-likeness (QED) is 0.851. The fraction of sp³-hybridized carbons (Fsp3) is 0.714. The third-order valence-electron chi connectivity index (χ3n) is 8.29. The molecule has 1 spiro atoms. The fourth-order valence-electron chi connectivity index (χ4n) is 6.63. The van der Waals surface area contributed by atoms with Gasteiger partial charge in [0, 0.05) is 17.0 Å². The molecule has 4 heteroatoms. The summed E-state index contributed by atoms with van der Waals surface area (Å²) in [6.45, 7) is 7.84. The van der Waals surface area contributed by atoms with Crippen molar-refractivity contribution in [2.75, 3.05) is 20.7 Å². The van der Waals surface area contributed by atoms with Crippen LogP contribution in [0.25, 0.3) is 0 Å². The number of nitrogens with zero attached hydrogens (tertiary/aromatic N) is 1. The number of aliphatic hydroxyl groups excluding tert-OH is 1. The molecule has 25 heavy (non-hydrogen) atoms. The molecule has 1 saturated carbocycles. The molecule has 2 aliphatic heterocycles. The maximum absolute atomic E-state index is 11.3. The van der Waals surface area contributed by atoms with Crippen LogP contribution in [-0.4, -0.2) is 49.0 Å². The van der Waals surface area contributed by atoms with E-state index in [2.05, 4.69) is 38.8 Å². The van der Waals surface area contributed by atoms with Crippen LogP contribution in [0, 0.1) is 17.3 Å². The van der Waals surface area contributed by atoms with Gasteiger partial charge in [-0.1, -0.05) is 26.8 Å². The number of ether oxygens (including phenoxy) is 2. The summed E-state index contributed by atoms with van der Waals surface area (Å²) < 4.78 is 12.2. The lowest BCUT2D eigenvalue weighted by Crippen LogP contribution is -2.72. The van der Waals surface area contributed by atoms with E-state index in [0.717, 1.165) is 30.9 Å².